The summed E-state index contributed by atoms with van der Waals surface area (Å²) in [5.41, 5.74) is 0.477. The Balaban J connectivity index is 1.44. The summed E-state index contributed by atoms with van der Waals surface area (Å²) >= 11 is 1.78. The highest BCUT2D eigenvalue weighted by Crippen LogP contribution is 2.41. The molecule has 0 saturated carbocycles. The van der Waals surface area contributed by atoms with Gasteiger partial charge in [-0.1, -0.05) is 37.4 Å². The number of azo groups is 1. The first kappa shape index (κ1) is 39.1. The Morgan fingerprint density at radius 3 is 1.50 bits per heavy atom. The molecule has 22 heteroatoms. The van der Waals surface area contributed by atoms with E-state index in [0.717, 1.165) is 49.0 Å². The van der Waals surface area contributed by atoms with E-state index in [9.17, 15) is 42.8 Å². The Hall–Kier alpha value is -4.62. The molecule has 0 unspecified atom stereocenters. The Morgan fingerprint density at radius 2 is 1.06 bits per heavy atom. The van der Waals surface area contributed by atoms with Crippen molar-refractivity contribution in [3.05, 3.63) is 84.9 Å². The molecule has 0 aliphatic carbocycles. The molecule has 0 spiro atoms. The standard InChI is InChI=1S/C32H24N4O12S6/c1-5-17-7-13-23-27(29(17)52(40,41)42)49-31(33-23)19-9-11-21(25(15-19)51(37,38)39)35-36-22-12-10-20(16-26(22)53(43,44)47-3)32-34-24-14-8-18(6-2)30(28(24)50-32)54(45,46)48-4/h5-16H,1-2H2,3-4H3,(H,37,38,39)(H,40,41,42). The molecule has 6 rings (SSSR count). The largest absolute Gasteiger partial charge is 0.298 e. The summed E-state index contributed by atoms with van der Waals surface area (Å²) in [6.45, 7) is 7.21. The van der Waals surface area contributed by atoms with E-state index in [0.29, 0.717) is 0 Å². The van der Waals surface area contributed by atoms with Gasteiger partial charge in [-0.05, 0) is 59.7 Å². The molecule has 0 fully saturated rings. The molecule has 6 aromatic rings. The number of hydrogen-bond acceptors (Lipinski definition) is 16. The molecule has 0 aliphatic rings. The lowest BCUT2D eigenvalue weighted by Gasteiger charge is -2.08. The maximum atomic E-state index is 13.1. The Labute approximate surface area is 316 Å². The SMILES string of the molecule is C=Cc1ccc2nc(-c3ccc(N=Nc4ccc(-c5nc6ccc(C=C)c(S(=O)(=O)OC)c6s5)cc4S(=O)(=O)OC)c(S(=O)(=O)O)c3)sc2c1S(=O)(=O)O. The van der Waals surface area contributed by atoms with Crippen LogP contribution in [0, 0.1) is 0 Å². The molecule has 0 bridgehead atoms. The number of aromatic nitrogens is 2. The van der Waals surface area contributed by atoms with E-state index >= 15 is 0 Å². The fourth-order valence-electron chi connectivity index (χ4n) is 5.21. The fourth-order valence-corrected chi connectivity index (χ4v) is 11.3. The van der Waals surface area contributed by atoms with Gasteiger partial charge in [-0.3, -0.25) is 17.5 Å². The van der Waals surface area contributed by atoms with Crippen LogP contribution in [-0.2, 0) is 48.8 Å². The van der Waals surface area contributed by atoms with E-state index in [2.05, 4.69) is 33.4 Å². The molecule has 0 radical (unpaired) electrons. The molecule has 0 amide bonds. The summed E-state index contributed by atoms with van der Waals surface area (Å²) in [7, 11) is -16.5. The second kappa shape index (κ2) is 14.2. The maximum absolute atomic E-state index is 13.1. The second-order valence-electron chi connectivity index (χ2n) is 10.9. The third-order valence-corrected chi connectivity index (χ3v) is 14.8. The maximum Gasteiger partial charge on any atom is 0.298 e. The van der Waals surface area contributed by atoms with Crippen LogP contribution < -0.4 is 0 Å². The fraction of sp³-hybridized carbons (Fsp3) is 0.0625. The van der Waals surface area contributed by atoms with Gasteiger partial charge < -0.3 is 0 Å². The van der Waals surface area contributed by atoms with Gasteiger partial charge in [-0.15, -0.1) is 32.9 Å². The lowest BCUT2D eigenvalue weighted by molar-refractivity contribution is 0.397. The van der Waals surface area contributed by atoms with Gasteiger partial charge in [0.2, 0.25) is 0 Å². The topological polar surface area (TPSA) is 246 Å². The van der Waals surface area contributed by atoms with Gasteiger partial charge in [0.05, 0.1) is 34.7 Å². The Morgan fingerprint density at radius 1 is 0.611 bits per heavy atom. The monoisotopic (exact) mass is 848 g/mol. The van der Waals surface area contributed by atoms with Gasteiger partial charge in [-0.25, -0.2) is 9.97 Å². The smallest absolute Gasteiger partial charge is 0.282 e. The number of benzene rings is 4. The Kier molecular flexibility index (Phi) is 10.3. The van der Waals surface area contributed by atoms with Crippen LogP contribution in [0.15, 0.2) is 104 Å². The van der Waals surface area contributed by atoms with Crippen molar-refractivity contribution in [2.45, 2.75) is 19.6 Å². The summed E-state index contributed by atoms with van der Waals surface area (Å²) in [6, 6.07) is 13.3. The molecule has 2 aromatic heterocycles. The third-order valence-electron chi connectivity index (χ3n) is 7.70. The van der Waals surface area contributed by atoms with E-state index in [1.807, 2.05) is 0 Å². The van der Waals surface area contributed by atoms with Gasteiger partial charge in [-0.2, -0.15) is 33.7 Å². The van der Waals surface area contributed by atoms with Crippen LogP contribution in [0.5, 0.6) is 0 Å². The van der Waals surface area contributed by atoms with Crippen molar-refractivity contribution in [1.29, 1.82) is 0 Å². The van der Waals surface area contributed by atoms with Crippen molar-refractivity contribution in [3.8, 4) is 21.1 Å². The van der Waals surface area contributed by atoms with Crippen LogP contribution >= 0.6 is 22.7 Å². The van der Waals surface area contributed by atoms with E-state index in [1.165, 1.54) is 54.6 Å². The van der Waals surface area contributed by atoms with Crippen LogP contribution in [0.3, 0.4) is 0 Å². The predicted molar refractivity (Wildman–Crippen MR) is 202 cm³/mol. The third kappa shape index (κ3) is 7.27. The van der Waals surface area contributed by atoms with Crippen molar-refractivity contribution in [3.63, 3.8) is 0 Å². The molecule has 2 heterocycles. The van der Waals surface area contributed by atoms with E-state index in [1.54, 1.807) is 6.07 Å². The average molecular weight is 849 g/mol. The van der Waals surface area contributed by atoms with E-state index in [-0.39, 0.29) is 63.3 Å². The van der Waals surface area contributed by atoms with E-state index in [4.69, 9.17) is 8.37 Å². The minimum absolute atomic E-state index is 0.0743. The zero-order chi connectivity index (χ0) is 39.4. The van der Waals surface area contributed by atoms with Crippen molar-refractivity contribution in [1.82, 2.24) is 9.97 Å². The Bertz CT molecular complexity index is 3040. The molecule has 2 N–H and O–H groups in total. The van der Waals surface area contributed by atoms with Gasteiger partial charge in [0, 0.05) is 11.1 Å². The summed E-state index contributed by atoms with van der Waals surface area (Å²) < 4.78 is 131. The lowest BCUT2D eigenvalue weighted by atomic mass is 10.2. The van der Waals surface area contributed by atoms with Gasteiger partial charge in [0.15, 0.2) is 0 Å². The zero-order valence-electron chi connectivity index (χ0n) is 27.6. The number of rotatable bonds is 12. The second-order valence-corrected chi connectivity index (χ2v) is 18.9. The zero-order valence-corrected chi connectivity index (χ0v) is 32.5. The van der Waals surface area contributed by atoms with Gasteiger partial charge >= 0.3 is 0 Å². The molecule has 0 atom stereocenters. The normalized spacial score (nSPS) is 12.9. The van der Waals surface area contributed by atoms with E-state index < -0.39 is 60.8 Å². The molecule has 16 nitrogen and oxygen atoms in total. The number of nitrogens with zero attached hydrogens (tertiary/aromatic N) is 4. The number of fused-ring (bicyclic) bond motifs is 2. The van der Waals surface area contributed by atoms with Crippen LogP contribution in [-0.4, -0.2) is 67.0 Å². The highest BCUT2D eigenvalue weighted by atomic mass is 32.2. The number of thiazole rings is 2. The van der Waals surface area contributed by atoms with Crippen molar-refractivity contribution < 1.29 is 51.1 Å². The van der Waals surface area contributed by atoms with Crippen molar-refractivity contribution >= 4 is 107 Å². The molecule has 54 heavy (non-hydrogen) atoms. The summed E-state index contributed by atoms with van der Waals surface area (Å²) in [6.07, 6.45) is 2.58. The summed E-state index contributed by atoms with van der Waals surface area (Å²) in [5, 5.41) is 8.23. The minimum Gasteiger partial charge on any atom is -0.282 e. The van der Waals surface area contributed by atoms with Gasteiger partial charge in [0.1, 0.15) is 41.0 Å². The highest BCUT2D eigenvalue weighted by molar-refractivity contribution is 7.87. The summed E-state index contributed by atoms with van der Waals surface area (Å²) in [4.78, 5) is 7.00. The first-order chi connectivity index (χ1) is 25.3. The minimum atomic E-state index is -4.99. The molecule has 4 aromatic carbocycles. The van der Waals surface area contributed by atoms with Crippen LogP contribution in [0.1, 0.15) is 11.1 Å². The molecular formula is C32H24N4O12S6. The highest BCUT2D eigenvalue weighted by Gasteiger charge is 2.26. The summed E-state index contributed by atoms with van der Waals surface area (Å²) in [5.74, 6) is 0. The lowest BCUT2D eigenvalue weighted by Crippen LogP contribution is -2.05. The molecule has 0 aliphatic heterocycles. The van der Waals surface area contributed by atoms with Crippen LogP contribution in [0.2, 0.25) is 0 Å². The molecular weight excluding hydrogens is 825 g/mol. The quantitative estimate of drug-likeness (QED) is 0.0708. The molecule has 0 saturated heterocycles. The predicted octanol–water partition coefficient (Wildman–Crippen LogP) is 7.11. The van der Waals surface area contributed by atoms with Crippen LogP contribution in [0.25, 0.3) is 53.7 Å². The average Bonchev–Trinajstić information content (AvgIpc) is 3.77. The first-order valence-electron chi connectivity index (χ1n) is 14.7. The van der Waals surface area contributed by atoms with Gasteiger partial charge in [0.25, 0.3) is 40.5 Å². The van der Waals surface area contributed by atoms with Crippen LogP contribution in [0.4, 0.5) is 11.4 Å². The van der Waals surface area contributed by atoms with Crippen molar-refractivity contribution in [2.75, 3.05) is 14.2 Å². The number of hydrogen-bond donors (Lipinski definition) is 2. The first-order valence-corrected chi connectivity index (χ1v) is 22.0. The van der Waals surface area contributed by atoms with Crippen molar-refractivity contribution in [2.24, 2.45) is 10.2 Å². The molecule has 280 valence electrons.